The van der Waals surface area contributed by atoms with Crippen LogP contribution in [0.5, 0.6) is 0 Å². The zero-order valence-electron chi connectivity index (χ0n) is 12.2. The van der Waals surface area contributed by atoms with Crippen molar-refractivity contribution >= 4 is 0 Å². The highest BCUT2D eigenvalue weighted by Crippen LogP contribution is 2.24. The molecule has 0 aliphatic carbocycles. The van der Waals surface area contributed by atoms with E-state index in [4.69, 9.17) is 46.0 Å². The van der Waals surface area contributed by atoms with E-state index < -0.39 is 43.0 Å². The lowest BCUT2D eigenvalue weighted by Crippen LogP contribution is -2.43. The fourth-order valence-electron chi connectivity index (χ4n) is 1.31. The van der Waals surface area contributed by atoms with E-state index >= 15 is 0 Å². The zero-order chi connectivity index (χ0) is 17.2. The largest absolute Gasteiger partial charge is 0.396 e. The Balaban J connectivity index is 0. The van der Waals surface area contributed by atoms with E-state index in [-0.39, 0.29) is 19.8 Å². The summed E-state index contributed by atoms with van der Waals surface area (Å²) < 4.78 is 0. The Morgan fingerprint density at radius 2 is 0.857 bits per heavy atom. The van der Waals surface area contributed by atoms with Gasteiger partial charge in [0.15, 0.2) is 0 Å². The molecule has 0 rings (SSSR count). The Morgan fingerprint density at radius 1 is 0.571 bits per heavy atom. The van der Waals surface area contributed by atoms with Gasteiger partial charge < -0.3 is 46.0 Å². The Bertz CT molecular complexity index is 218. The van der Waals surface area contributed by atoms with Crippen LogP contribution < -0.4 is 0 Å². The van der Waals surface area contributed by atoms with Crippen LogP contribution in [0.3, 0.4) is 0 Å². The van der Waals surface area contributed by atoms with E-state index in [0.29, 0.717) is 6.42 Å². The highest BCUT2D eigenvalue weighted by molar-refractivity contribution is 4.79. The molecule has 0 saturated carbocycles. The second kappa shape index (κ2) is 10.4. The molecule has 0 unspecified atom stereocenters. The molecule has 0 amide bonds. The Labute approximate surface area is 123 Å². The molecule has 0 fully saturated rings. The van der Waals surface area contributed by atoms with Crippen LogP contribution >= 0.6 is 0 Å². The van der Waals surface area contributed by atoms with Crippen LogP contribution in [0, 0.1) is 10.8 Å². The van der Waals surface area contributed by atoms with Crippen molar-refractivity contribution in [1.29, 1.82) is 0 Å². The Morgan fingerprint density at radius 3 is 0.905 bits per heavy atom. The van der Waals surface area contributed by atoms with Crippen molar-refractivity contribution in [2.45, 2.75) is 25.7 Å². The maximum atomic E-state index is 8.69. The summed E-state index contributed by atoms with van der Waals surface area (Å²) in [6.07, 6.45) is -0.125. The maximum Gasteiger partial charge on any atom is 0.276 e. The SMILES string of the molecule is CCC(CO)(CO)CO.OCC(CO)(CO)CC(O)(O)O. The summed E-state index contributed by atoms with van der Waals surface area (Å²) in [5, 5.41) is 77.6. The van der Waals surface area contributed by atoms with E-state index in [1.165, 1.54) is 0 Å². The van der Waals surface area contributed by atoms with Crippen molar-refractivity contribution < 1.29 is 46.0 Å². The third kappa shape index (κ3) is 8.61. The quantitative estimate of drug-likeness (QED) is 0.193. The summed E-state index contributed by atoms with van der Waals surface area (Å²) in [7, 11) is 0. The number of aliphatic hydroxyl groups excluding tert-OH is 6. The maximum absolute atomic E-state index is 8.69. The van der Waals surface area contributed by atoms with Gasteiger partial charge in [0.05, 0.1) is 39.6 Å². The summed E-state index contributed by atoms with van der Waals surface area (Å²) in [5.41, 5.74) is -2.14. The topological polar surface area (TPSA) is 182 Å². The molecule has 0 heterocycles. The van der Waals surface area contributed by atoms with Gasteiger partial charge in [-0.3, -0.25) is 0 Å². The van der Waals surface area contributed by atoms with Crippen LogP contribution in [0.1, 0.15) is 19.8 Å². The van der Waals surface area contributed by atoms with Gasteiger partial charge in [-0.25, -0.2) is 0 Å². The molecule has 0 saturated heterocycles. The zero-order valence-corrected chi connectivity index (χ0v) is 12.2. The van der Waals surface area contributed by atoms with E-state index in [0.717, 1.165) is 0 Å². The fraction of sp³-hybridized carbons (Fsp3) is 1.00. The second-order valence-electron chi connectivity index (χ2n) is 5.25. The third-order valence-electron chi connectivity index (χ3n) is 3.37. The van der Waals surface area contributed by atoms with Crippen molar-refractivity contribution in [3.05, 3.63) is 0 Å². The number of rotatable bonds is 9. The molecular formula is C12H28O9. The lowest BCUT2D eigenvalue weighted by atomic mass is 9.86. The molecule has 130 valence electrons. The van der Waals surface area contributed by atoms with Crippen LogP contribution in [0.15, 0.2) is 0 Å². The molecule has 0 aromatic heterocycles. The van der Waals surface area contributed by atoms with E-state index in [1.54, 1.807) is 0 Å². The van der Waals surface area contributed by atoms with Gasteiger partial charge in [0, 0.05) is 17.3 Å². The molecule has 9 nitrogen and oxygen atoms in total. The second-order valence-corrected chi connectivity index (χ2v) is 5.25. The van der Waals surface area contributed by atoms with Gasteiger partial charge in [-0.05, 0) is 6.42 Å². The van der Waals surface area contributed by atoms with Crippen LogP contribution in [-0.2, 0) is 0 Å². The molecule has 0 radical (unpaired) electrons. The van der Waals surface area contributed by atoms with Crippen LogP contribution in [0.4, 0.5) is 0 Å². The minimum atomic E-state index is -2.99. The number of hydrogen-bond acceptors (Lipinski definition) is 9. The average Bonchev–Trinajstić information content (AvgIpc) is 2.47. The van der Waals surface area contributed by atoms with Crippen LogP contribution in [0.2, 0.25) is 0 Å². The van der Waals surface area contributed by atoms with Gasteiger partial charge in [0.2, 0.25) is 0 Å². The fourth-order valence-corrected chi connectivity index (χ4v) is 1.31. The summed E-state index contributed by atoms with van der Waals surface area (Å²) in [5.74, 6) is -2.99. The van der Waals surface area contributed by atoms with Crippen molar-refractivity contribution in [3.63, 3.8) is 0 Å². The van der Waals surface area contributed by atoms with Crippen molar-refractivity contribution in [2.75, 3.05) is 39.6 Å². The van der Waals surface area contributed by atoms with Crippen molar-refractivity contribution in [1.82, 2.24) is 0 Å². The van der Waals surface area contributed by atoms with E-state index in [9.17, 15) is 0 Å². The van der Waals surface area contributed by atoms with Crippen LogP contribution in [-0.4, -0.2) is 91.6 Å². The molecular weight excluding hydrogens is 288 g/mol. The highest BCUT2D eigenvalue weighted by Gasteiger charge is 2.37. The predicted molar refractivity (Wildman–Crippen MR) is 71.7 cm³/mol. The molecule has 0 aromatic rings. The average molecular weight is 316 g/mol. The molecule has 0 aliphatic heterocycles. The third-order valence-corrected chi connectivity index (χ3v) is 3.37. The standard InChI is InChI=1S/C6H14O6.C6H14O3/c7-2-5(3-8,4-9)1-6(10,11)12;1-2-6(3-7,4-8)5-9/h7-12H,1-4H2;7-9H,2-5H2,1H3. The molecule has 9 N–H and O–H groups in total. The number of aliphatic hydroxyl groups is 9. The summed E-state index contributed by atoms with van der Waals surface area (Å²) in [6, 6.07) is 0. The van der Waals surface area contributed by atoms with Gasteiger partial charge in [-0.2, -0.15) is 0 Å². The molecule has 0 spiro atoms. The van der Waals surface area contributed by atoms with E-state index in [2.05, 4.69) is 0 Å². The molecule has 0 aliphatic rings. The van der Waals surface area contributed by atoms with Crippen molar-refractivity contribution in [3.8, 4) is 0 Å². The lowest BCUT2D eigenvalue weighted by Gasteiger charge is -2.30. The van der Waals surface area contributed by atoms with Gasteiger partial charge in [-0.1, -0.05) is 6.92 Å². The molecule has 0 aromatic carbocycles. The van der Waals surface area contributed by atoms with Gasteiger partial charge >= 0.3 is 0 Å². The van der Waals surface area contributed by atoms with Gasteiger partial charge in [0.25, 0.3) is 5.97 Å². The highest BCUT2D eigenvalue weighted by atomic mass is 16.7. The lowest BCUT2D eigenvalue weighted by molar-refractivity contribution is -0.331. The normalized spacial score (nSPS) is 12.9. The summed E-state index contributed by atoms with van der Waals surface area (Å²) >= 11 is 0. The molecule has 21 heavy (non-hydrogen) atoms. The molecule has 9 heteroatoms. The predicted octanol–water partition coefficient (Wildman–Crippen LogP) is -3.67. The minimum absolute atomic E-state index is 0.156. The van der Waals surface area contributed by atoms with Crippen molar-refractivity contribution in [2.24, 2.45) is 10.8 Å². The molecule has 0 atom stereocenters. The van der Waals surface area contributed by atoms with Gasteiger partial charge in [0.1, 0.15) is 0 Å². The first-order valence-electron chi connectivity index (χ1n) is 6.46. The number of hydrogen-bond donors (Lipinski definition) is 9. The minimum Gasteiger partial charge on any atom is -0.396 e. The van der Waals surface area contributed by atoms with E-state index in [1.807, 2.05) is 6.92 Å². The summed E-state index contributed by atoms with van der Waals surface area (Å²) in [6.45, 7) is -0.595. The van der Waals surface area contributed by atoms with Gasteiger partial charge in [-0.15, -0.1) is 0 Å². The monoisotopic (exact) mass is 316 g/mol. The summed E-state index contributed by atoms with van der Waals surface area (Å²) in [4.78, 5) is 0. The first-order chi connectivity index (χ1) is 9.63. The smallest absolute Gasteiger partial charge is 0.276 e. The Kier molecular flexibility index (Phi) is 11.3. The first-order valence-corrected chi connectivity index (χ1v) is 6.46. The Hall–Kier alpha value is -0.360. The first kappa shape index (κ1) is 22.9. The molecule has 0 bridgehead atoms. The van der Waals surface area contributed by atoms with Crippen LogP contribution in [0.25, 0.3) is 0 Å².